The Morgan fingerprint density at radius 3 is 2.22 bits per heavy atom. The number of amides is 1. The molecule has 4 aliphatic rings. The van der Waals surface area contributed by atoms with Crippen molar-refractivity contribution in [3.05, 3.63) is 23.8 Å². The molecule has 27 heavy (non-hydrogen) atoms. The monoisotopic (exact) mass is 379 g/mol. The Morgan fingerprint density at radius 2 is 1.70 bits per heavy atom. The maximum Gasteiger partial charge on any atom is 0.387 e. The van der Waals surface area contributed by atoms with Gasteiger partial charge in [0.05, 0.1) is 7.11 Å². The molecule has 4 saturated carbocycles. The topological polar surface area (TPSA) is 47.6 Å². The second-order valence-corrected chi connectivity index (χ2v) is 8.72. The molecule has 4 aliphatic carbocycles. The maximum absolute atomic E-state index is 12.8. The standard InChI is InChI=1S/C21H27F2NO3/c1-12(21-9-13-5-14(10-21)7-15(6-13)11-21)24-19(25)16-3-4-17(27-20(22)23)18(8-16)26-2/h3-4,8,12-15,20H,5-7,9-11H2,1-2H3,(H,24,25). The molecule has 0 spiro atoms. The molecular weight excluding hydrogens is 352 g/mol. The first kappa shape index (κ1) is 18.5. The second-order valence-electron chi connectivity index (χ2n) is 8.72. The van der Waals surface area contributed by atoms with Crippen molar-refractivity contribution >= 4 is 5.91 Å². The SMILES string of the molecule is COc1cc(C(=O)NC(C)C23CC4CC(CC(C4)C2)C3)ccc1OC(F)F. The number of carbonyl (C=O) groups is 1. The number of hydrogen-bond donors (Lipinski definition) is 1. The van der Waals surface area contributed by atoms with Crippen LogP contribution in [-0.2, 0) is 0 Å². The van der Waals surface area contributed by atoms with Crippen LogP contribution in [0.2, 0.25) is 0 Å². The highest BCUT2D eigenvalue weighted by Crippen LogP contribution is 2.61. The lowest BCUT2D eigenvalue weighted by atomic mass is 9.48. The quantitative estimate of drug-likeness (QED) is 0.784. The van der Waals surface area contributed by atoms with Gasteiger partial charge in [0.25, 0.3) is 5.91 Å². The largest absolute Gasteiger partial charge is 0.493 e. The zero-order chi connectivity index (χ0) is 19.2. The number of hydrogen-bond acceptors (Lipinski definition) is 3. The Balaban J connectivity index is 1.47. The molecule has 1 aromatic carbocycles. The first-order chi connectivity index (χ1) is 12.9. The van der Waals surface area contributed by atoms with E-state index in [-0.39, 0.29) is 28.9 Å². The van der Waals surface area contributed by atoms with Crippen molar-refractivity contribution in [2.45, 2.75) is 58.1 Å². The van der Waals surface area contributed by atoms with E-state index in [1.165, 1.54) is 63.8 Å². The molecular formula is C21H27F2NO3. The summed E-state index contributed by atoms with van der Waals surface area (Å²) >= 11 is 0. The van der Waals surface area contributed by atoms with Gasteiger partial charge >= 0.3 is 6.61 Å². The lowest BCUT2D eigenvalue weighted by molar-refractivity contribution is -0.0688. The van der Waals surface area contributed by atoms with Gasteiger partial charge in [0.2, 0.25) is 0 Å². The minimum atomic E-state index is -2.94. The number of halogens is 2. The van der Waals surface area contributed by atoms with E-state index < -0.39 is 6.61 Å². The molecule has 1 amide bonds. The van der Waals surface area contributed by atoms with E-state index in [1.807, 2.05) is 0 Å². The molecule has 1 atom stereocenters. The molecule has 0 saturated heterocycles. The molecule has 0 aliphatic heterocycles. The fourth-order valence-electron chi connectivity index (χ4n) is 6.14. The van der Waals surface area contributed by atoms with Crippen molar-refractivity contribution in [1.29, 1.82) is 0 Å². The summed E-state index contributed by atoms with van der Waals surface area (Å²) in [5.74, 6) is 2.33. The summed E-state index contributed by atoms with van der Waals surface area (Å²) in [6.07, 6.45) is 7.73. The average Bonchev–Trinajstić information content (AvgIpc) is 2.60. The van der Waals surface area contributed by atoms with Gasteiger partial charge < -0.3 is 14.8 Å². The van der Waals surface area contributed by atoms with E-state index in [4.69, 9.17) is 4.74 Å². The number of nitrogens with one attached hydrogen (secondary N) is 1. The minimum absolute atomic E-state index is 0.0711. The summed E-state index contributed by atoms with van der Waals surface area (Å²) in [4.78, 5) is 12.8. The van der Waals surface area contributed by atoms with Crippen LogP contribution in [0.5, 0.6) is 11.5 Å². The summed E-state index contributed by atoms with van der Waals surface area (Å²) in [6.45, 7) is -0.814. The van der Waals surface area contributed by atoms with Gasteiger partial charge in [-0.05, 0) is 86.8 Å². The van der Waals surface area contributed by atoms with Gasteiger partial charge in [0, 0.05) is 11.6 Å². The van der Waals surface area contributed by atoms with Crippen LogP contribution in [0.15, 0.2) is 18.2 Å². The highest BCUT2D eigenvalue weighted by molar-refractivity contribution is 5.95. The predicted molar refractivity (Wildman–Crippen MR) is 97.2 cm³/mol. The molecule has 4 bridgehead atoms. The Labute approximate surface area is 158 Å². The highest BCUT2D eigenvalue weighted by Gasteiger charge is 2.53. The van der Waals surface area contributed by atoms with Crippen molar-refractivity contribution in [2.75, 3.05) is 7.11 Å². The van der Waals surface area contributed by atoms with Crippen LogP contribution in [0.4, 0.5) is 8.78 Å². The third-order valence-electron chi connectivity index (χ3n) is 6.99. The Morgan fingerprint density at radius 1 is 1.11 bits per heavy atom. The molecule has 6 heteroatoms. The van der Waals surface area contributed by atoms with Crippen LogP contribution >= 0.6 is 0 Å². The molecule has 0 radical (unpaired) electrons. The minimum Gasteiger partial charge on any atom is -0.493 e. The van der Waals surface area contributed by atoms with Crippen molar-refractivity contribution in [3.8, 4) is 11.5 Å². The molecule has 148 valence electrons. The van der Waals surface area contributed by atoms with Crippen LogP contribution < -0.4 is 14.8 Å². The van der Waals surface area contributed by atoms with Crippen LogP contribution in [0.25, 0.3) is 0 Å². The van der Waals surface area contributed by atoms with Crippen LogP contribution in [-0.4, -0.2) is 25.7 Å². The zero-order valence-corrected chi connectivity index (χ0v) is 15.8. The number of ether oxygens (including phenoxy) is 2. The van der Waals surface area contributed by atoms with Gasteiger partial charge in [-0.1, -0.05) is 0 Å². The van der Waals surface area contributed by atoms with Crippen LogP contribution in [0, 0.1) is 23.2 Å². The van der Waals surface area contributed by atoms with Gasteiger partial charge in [0.15, 0.2) is 11.5 Å². The van der Waals surface area contributed by atoms with E-state index in [0.717, 1.165) is 17.8 Å². The van der Waals surface area contributed by atoms with Gasteiger partial charge in [-0.15, -0.1) is 0 Å². The first-order valence-electron chi connectivity index (χ1n) is 9.82. The van der Waals surface area contributed by atoms with Gasteiger partial charge in [-0.2, -0.15) is 8.78 Å². The van der Waals surface area contributed by atoms with Gasteiger partial charge in [-0.25, -0.2) is 0 Å². The molecule has 0 heterocycles. The smallest absolute Gasteiger partial charge is 0.387 e. The maximum atomic E-state index is 12.8. The van der Waals surface area contributed by atoms with E-state index in [9.17, 15) is 13.6 Å². The summed E-state index contributed by atoms with van der Waals surface area (Å²) in [6, 6.07) is 4.41. The molecule has 0 aromatic heterocycles. The molecule has 4 fully saturated rings. The molecule has 1 N–H and O–H groups in total. The van der Waals surface area contributed by atoms with E-state index >= 15 is 0 Å². The number of benzene rings is 1. The summed E-state index contributed by atoms with van der Waals surface area (Å²) < 4.78 is 34.5. The van der Waals surface area contributed by atoms with Crippen molar-refractivity contribution in [3.63, 3.8) is 0 Å². The fourth-order valence-corrected chi connectivity index (χ4v) is 6.14. The zero-order valence-electron chi connectivity index (χ0n) is 15.8. The average molecular weight is 379 g/mol. The number of carbonyl (C=O) groups excluding carboxylic acids is 1. The molecule has 4 nitrogen and oxygen atoms in total. The third kappa shape index (κ3) is 3.50. The third-order valence-corrected chi connectivity index (χ3v) is 6.99. The van der Waals surface area contributed by atoms with Gasteiger partial charge in [0.1, 0.15) is 0 Å². The molecule has 1 unspecified atom stereocenters. The second kappa shape index (κ2) is 6.95. The van der Waals surface area contributed by atoms with Crippen molar-refractivity contribution in [2.24, 2.45) is 23.2 Å². The normalized spacial score (nSPS) is 32.4. The van der Waals surface area contributed by atoms with Crippen LogP contribution in [0.3, 0.4) is 0 Å². The first-order valence-corrected chi connectivity index (χ1v) is 9.82. The van der Waals surface area contributed by atoms with Crippen LogP contribution in [0.1, 0.15) is 55.8 Å². The Hall–Kier alpha value is -1.85. The van der Waals surface area contributed by atoms with E-state index in [1.54, 1.807) is 0 Å². The number of methoxy groups -OCH3 is 1. The van der Waals surface area contributed by atoms with Gasteiger partial charge in [-0.3, -0.25) is 4.79 Å². The lowest BCUT2D eigenvalue weighted by Gasteiger charge is -2.59. The summed E-state index contributed by atoms with van der Waals surface area (Å²) in [5.41, 5.74) is 0.609. The van der Waals surface area contributed by atoms with E-state index in [0.29, 0.717) is 5.56 Å². The highest BCUT2D eigenvalue weighted by atomic mass is 19.3. The van der Waals surface area contributed by atoms with Crippen molar-refractivity contribution in [1.82, 2.24) is 5.32 Å². The predicted octanol–water partition coefficient (Wildman–Crippen LogP) is 4.63. The van der Waals surface area contributed by atoms with Crippen molar-refractivity contribution < 1.29 is 23.0 Å². The number of rotatable bonds is 6. The summed E-state index contributed by atoms with van der Waals surface area (Å²) in [5, 5.41) is 3.18. The Kier molecular flexibility index (Phi) is 4.77. The lowest BCUT2D eigenvalue weighted by Crippen LogP contribution is -2.55. The Bertz CT molecular complexity index is 686. The number of alkyl halides is 2. The molecule has 5 rings (SSSR count). The summed E-state index contributed by atoms with van der Waals surface area (Å²) in [7, 11) is 1.37. The molecule has 1 aromatic rings. The fraction of sp³-hybridized carbons (Fsp3) is 0.667. The van der Waals surface area contributed by atoms with E-state index in [2.05, 4.69) is 17.0 Å².